The van der Waals surface area contributed by atoms with Gasteiger partial charge in [-0.15, -0.1) is 0 Å². The van der Waals surface area contributed by atoms with Crippen LogP contribution in [0.15, 0.2) is 134 Å². The van der Waals surface area contributed by atoms with E-state index in [4.69, 9.17) is 0 Å². The zero-order chi connectivity index (χ0) is 55.5. The Kier molecular flexibility index (Phi) is 63.8. The number of unbranched alkanes of at least 4 members (excludes halogenated alkanes) is 30. The first-order valence-corrected chi connectivity index (χ1v) is 32.9. The normalized spacial score (nSPS) is 13.7. The number of carbonyl (C=O) groups is 1. The molecule has 0 aliphatic carbocycles. The highest BCUT2D eigenvalue weighted by molar-refractivity contribution is 5.76. The molecule has 0 aromatic carbocycles. The Morgan fingerprint density at radius 2 is 0.571 bits per heavy atom. The Hall–Kier alpha value is -3.47. The van der Waals surface area contributed by atoms with Gasteiger partial charge in [-0.2, -0.15) is 0 Å². The summed E-state index contributed by atoms with van der Waals surface area (Å²) in [5, 5.41) is 23.4. The van der Waals surface area contributed by atoms with Crippen molar-refractivity contribution in [1.82, 2.24) is 5.32 Å². The third-order valence-corrected chi connectivity index (χ3v) is 14.4. The van der Waals surface area contributed by atoms with Gasteiger partial charge in [-0.05, 0) is 96.3 Å². The van der Waals surface area contributed by atoms with Crippen LogP contribution in [-0.2, 0) is 4.79 Å². The zero-order valence-electron chi connectivity index (χ0n) is 50.7. The van der Waals surface area contributed by atoms with Gasteiger partial charge in [-0.3, -0.25) is 4.79 Å². The lowest BCUT2D eigenvalue weighted by Crippen LogP contribution is -2.45. The molecule has 77 heavy (non-hydrogen) atoms. The molecule has 0 bridgehead atoms. The molecule has 0 aromatic heterocycles. The summed E-state index contributed by atoms with van der Waals surface area (Å²) >= 11 is 0. The van der Waals surface area contributed by atoms with Crippen molar-refractivity contribution in [2.24, 2.45) is 0 Å². The lowest BCUT2D eigenvalue weighted by atomic mass is 10.0. The molecule has 2 unspecified atom stereocenters. The van der Waals surface area contributed by atoms with E-state index in [-0.39, 0.29) is 12.5 Å². The van der Waals surface area contributed by atoms with Gasteiger partial charge < -0.3 is 15.5 Å². The second kappa shape index (κ2) is 66.8. The van der Waals surface area contributed by atoms with Crippen molar-refractivity contribution in [3.8, 4) is 0 Å². The fourth-order valence-corrected chi connectivity index (χ4v) is 9.49. The second-order valence-electron chi connectivity index (χ2n) is 21.8. The molecule has 4 heteroatoms. The van der Waals surface area contributed by atoms with Gasteiger partial charge in [-0.25, -0.2) is 0 Å². The summed E-state index contributed by atoms with van der Waals surface area (Å²) in [7, 11) is 0. The Morgan fingerprint density at radius 3 is 0.857 bits per heavy atom. The minimum atomic E-state index is -0.679. The number of aliphatic hydroxyl groups is 2. The molecule has 3 N–H and O–H groups in total. The number of carbonyl (C=O) groups excluding carboxylic acids is 1. The van der Waals surface area contributed by atoms with Crippen LogP contribution in [0.5, 0.6) is 0 Å². The predicted octanol–water partition coefficient (Wildman–Crippen LogP) is 22.5. The summed E-state index contributed by atoms with van der Waals surface area (Å²) in [5.41, 5.74) is 0. The monoisotopic (exact) mass is 1060 g/mol. The topological polar surface area (TPSA) is 69.6 Å². The van der Waals surface area contributed by atoms with Crippen LogP contribution in [0.1, 0.15) is 303 Å². The van der Waals surface area contributed by atoms with E-state index in [1.165, 1.54) is 167 Å². The van der Waals surface area contributed by atoms with Crippen LogP contribution in [0.2, 0.25) is 0 Å². The molecule has 0 fully saturated rings. The number of aliphatic hydroxyl groups excluding tert-OH is 2. The molecule has 0 aromatic rings. The van der Waals surface area contributed by atoms with Gasteiger partial charge in [0.15, 0.2) is 0 Å². The smallest absolute Gasteiger partial charge is 0.220 e. The predicted molar refractivity (Wildman–Crippen MR) is 345 cm³/mol. The maximum Gasteiger partial charge on any atom is 0.220 e. The SMILES string of the molecule is CC/C=C\C/C=C\C/C=C\C/C=C\C/C=C\C/C=C\C/C=C\C/C=C\C/C=C\C/C=C\C/C=C\CCCCCCCC(=O)NC(CO)C(O)CCCCCCCCCCCCCCCCCCCCCCCCCCCC. The fourth-order valence-electron chi connectivity index (χ4n) is 9.49. The van der Waals surface area contributed by atoms with Gasteiger partial charge in [0.25, 0.3) is 0 Å². The molecule has 0 radical (unpaired) electrons. The minimum Gasteiger partial charge on any atom is -0.394 e. The van der Waals surface area contributed by atoms with E-state index in [0.29, 0.717) is 12.8 Å². The summed E-state index contributed by atoms with van der Waals surface area (Å²) in [6, 6.07) is -0.558. The van der Waals surface area contributed by atoms with E-state index in [1.54, 1.807) is 0 Å². The maximum atomic E-state index is 12.5. The molecule has 0 aliphatic rings. The summed E-state index contributed by atoms with van der Waals surface area (Å²) in [5.74, 6) is -0.0520. The van der Waals surface area contributed by atoms with E-state index < -0.39 is 12.1 Å². The molecule has 4 nitrogen and oxygen atoms in total. The quantitative estimate of drug-likeness (QED) is 0.0420. The molecule has 0 heterocycles. The average molecular weight is 1060 g/mol. The van der Waals surface area contributed by atoms with E-state index in [9.17, 15) is 15.0 Å². The van der Waals surface area contributed by atoms with Crippen LogP contribution in [0, 0.1) is 0 Å². The maximum absolute atomic E-state index is 12.5. The van der Waals surface area contributed by atoms with Crippen molar-refractivity contribution in [1.29, 1.82) is 0 Å². The summed E-state index contributed by atoms with van der Waals surface area (Å²) in [6.07, 6.45) is 103. The molecule has 0 saturated carbocycles. The average Bonchev–Trinajstić information content (AvgIpc) is 3.43. The largest absolute Gasteiger partial charge is 0.394 e. The molecule has 0 rings (SSSR count). The van der Waals surface area contributed by atoms with Crippen molar-refractivity contribution < 1.29 is 15.0 Å². The van der Waals surface area contributed by atoms with E-state index in [2.05, 4.69) is 153 Å². The number of nitrogens with one attached hydrogen (secondary N) is 1. The van der Waals surface area contributed by atoms with Gasteiger partial charge in [-0.1, -0.05) is 334 Å². The lowest BCUT2D eigenvalue weighted by molar-refractivity contribution is -0.123. The van der Waals surface area contributed by atoms with Crippen molar-refractivity contribution >= 4 is 5.91 Å². The Labute approximate surface area is 479 Å². The van der Waals surface area contributed by atoms with Gasteiger partial charge in [0, 0.05) is 6.42 Å². The first kappa shape index (κ1) is 73.5. The molecule has 440 valence electrons. The van der Waals surface area contributed by atoms with E-state index >= 15 is 0 Å². The Morgan fingerprint density at radius 1 is 0.325 bits per heavy atom. The standard InChI is InChI=1S/C73H125NO3/c1-3-5-7-9-11-13-15-17-19-21-23-25-27-29-31-32-33-34-35-36-37-38-39-40-41-42-43-45-47-49-51-53-55-57-59-61-63-65-67-69-73(77)74-71(70-75)72(76)68-66-64-62-60-58-56-54-52-50-48-46-44-30-28-26-24-22-20-18-16-14-12-10-8-6-4-2/h5,7,11,13,17,19,23,25,29,31,33-34,36-37,39-40,42-43,47,49,53,55,71-72,75-76H,3-4,6,8-10,12,14-16,18,20-22,24,26-28,30,32,35,38,41,44-46,48,50-52,54,56-70H2,1-2H3,(H,74,77)/b7-5-,13-11-,19-17-,25-23-,31-29-,34-33-,37-36-,40-39-,43-42-,49-47-,55-53-. The molecular weight excluding hydrogens is 939 g/mol. The molecule has 1 amide bonds. The molecule has 0 spiro atoms. The van der Waals surface area contributed by atoms with Gasteiger partial charge in [0.1, 0.15) is 0 Å². The highest BCUT2D eigenvalue weighted by Gasteiger charge is 2.20. The van der Waals surface area contributed by atoms with Crippen molar-refractivity contribution in [3.63, 3.8) is 0 Å². The summed E-state index contributed by atoms with van der Waals surface area (Å²) in [6.45, 7) is 4.25. The second-order valence-corrected chi connectivity index (χ2v) is 21.8. The number of amides is 1. The third kappa shape index (κ3) is 63.2. The lowest BCUT2D eigenvalue weighted by Gasteiger charge is -2.22. The minimum absolute atomic E-state index is 0.0520. The van der Waals surface area contributed by atoms with E-state index in [0.717, 1.165) is 109 Å². The number of allylic oxidation sites excluding steroid dienone is 22. The molecular formula is C73H125NO3. The van der Waals surface area contributed by atoms with Crippen molar-refractivity contribution in [2.75, 3.05) is 6.61 Å². The molecule has 0 saturated heterocycles. The van der Waals surface area contributed by atoms with Crippen LogP contribution in [0.4, 0.5) is 0 Å². The Balaban J connectivity index is 3.60. The number of hydrogen-bond donors (Lipinski definition) is 3. The van der Waals surface area contributed by atoms with Crippen LogP contribution in [-0.4, -0.2) is 34.9 Å². The fraction of sp³-hybridized carbons (Fsp3) is 0.685. The van der Waals surface area contributed by atoms with Crippen LogP contribution in [0.25, 0.3) is 0 Å². The zero-order valence-corrected chi connectivity index (χ0v) is 50.7. The summed E-state index contributed by atoms with van der Waals surface area (Å²) < 4.78 is 0. The van der Waals surface area contributed by atoms with Crippen LogP contribution < -0.4 is 5.32 Å². The number of rotatable bonds is 59. The van der Waals surface area contributed by atoms with Crippen LogP contribution >= 0.6 is 0 Å². The number of hydrogen-bond acceptors (Lipinski definition) is 3. The first-order chi connectivity index (χ1) is 38.2. The van der Waals surface area contributed by atoms with Crippen molar-refractivity contribution in [3.05, 3.63) is 134 Å². The van der Waals surface area contributed by atoms with E-state index in [1.807, 2.05) is 0 Å². The van der Waals surface area contributed by atoms with Crippen molar-refractivity contribution in [2.45, 2.75) is 315 Å². The third-order valence-electron chi connectivity index (χ3n) is 14.4. The van der Waals surface area contributed by atoms with Gasteiger partial charge >= 0.3 is 0 Å². The first-order valence-electron chi connectivity index (χ1n) is 32.9. The highest BCUT2D eigenvalue weighted by Crippen LogP contribution is 2.17. The Bertz CT molecular complexity index is 1540. The molecule has 2 atom stereocenters. The summed E-state index contributed by atoms with van der Waals surface area (Å²) in [4.78, 5) is 12.5. The van der Waals surface area contributed by atoms with Crippen LogP contribution in [0.3, 0.4) is 0 Å². The van der Waals surface area contributed by atoms with Gasteiger partial charge in [0.2, 0.25) is 5.91 Å². The molecule has 0 aliphatic heterocycles. The van der Waals surface area contributed by atoms with Gasteiger partial charge in [0.05, 0.1) is 18.8 Å². The highest BCUT2D eigenvalue weighted by atomic mass is 16.3.